The number of piperazine rings is 1. The van der Waals surface area contributed by atoms with Crippen LogP contribution in [0.5, 0.6) is 0 Å². The van der Waals surface area contributed by atoms with Crippen LogP contribution in [-0.4, -0.2) is 67.7 Å². The number of carbonyl (C=O) groups excluding carboxylic acids is 1. The zero-order valence-corrected chi connectivity index (χ0v) is 12.0. The minimum Gasteiger partial charge on any atom is -0.381 e. The Bertz CT molecular complexity index is 280. The van der Waals surface area contributed by atoms with Gasteiger partial charge in [-0.15, -0.1) is 0 Å². The van der Waals surface area contributed by atoms with E-state index in [4.69, 9.17) is 10.5 Å². The Hall–Kier alpha value is -0.650. The topological polar surface area (TPSA) is 58.8 Å². The molecule has 1 amide bonds. The number of carbonyl (C=O) groups is 1. The van der Waals surface area contributed by atoms with Crippen LogP contribution < -0.4 is 5.73 Å². The van der Waals surface area contributed by atoms with Gasteiger partial charge in [0.15, 0.2) is 0 Å². The van der Waals surface area contributed by atoms with Gasteiger partial charge in [0.2, 0.25) is 5.91 Å². The second-order valence-corrected chi connectivity index (χ2v) is 5.57. The van der Waals surface area contributed by atoms with E-state index in [1.54, 1.807) is 0 Å². The molecular formula is C14H27N3O2. The highest BCUT2D eigenvalue weighted by Crippen LogP contribution is 2.18. The highest BCUT2D eigenvalue weighted by atomic mass is 16.5. The summed E-state index contributed by atoms with van der Waals surface area (Å²) < 4.78 is 5.41. The summed E-state index contributed by atoms with van der Waals surface area (Å²) in [5, 5.41) is 0. The Balaban J connectivity index is 1.80. The first-order chi connectivity index (χ1) is 9.26. The highest BCUT2D eigenvalue weighted by Gasteiger charge is 2.30. The van der Waals surface area contributed by atoms with Gasteiger partial charge in [0.1, 0.15) is 0 Å². The van der Waals surface area contributed by atoms with Crippen LogP contribution in [0, 0.1) is 5.92 Å². The van der Waals surface area contributed by atoms with E-state index in [0.717, 1.165) is 52.0 Å². The maximum absolute atomic E-state index is 12.4. The van der Waals surface area contributed by atoms with Gasteiger partial charge in [-0.05, 0) is 19.3 Å². The first-order valence-electron chi connectivity index (χ1n) is 7.57. The molecule has 2 saturated heterocycles. The number of nitrogens with two attached hydrogens (primary N) is 1. The Morgan fingerprint density at radius 3 is 2.63 bits per heavy atom. The summed E-state index contributed by atoms with van der Waals surface area (Å²) in [5.41, 5.74) is 5.79. The molecule has 2 aliphatic heterocycles. The van der Waals surface area contributed by atoms with E-state index in [0.29, 0.717) is 25.1 Å². The van der Waals surface area contributed by atoms with Crippen LogP contribution in [-0.2, 0) is 9.53 Å². The standard InChI is InChI=1S/C14H27N3O2/c1-2-13(10-15)16-5-7-17(8-6-16)14(18)12-4-3-9-19-11-12/h12-13H,2-11,15H2,1H3. The molecule has 0 radical (unpaired) electrons. The van der Waals surface area contributed by atoms with E-state index in [2.05, 4.69) is 11.8 Å². The van der Waals surface area contributed by atoms with Gasteiger partial charge in [-0.2, -0.15) is 0 Å². The molecule has 5 nitrogen and oxygen atoms in total. The van der Waals surface area contributed by atoms with Crippen molar-refractivity contribution >= 4 is 5.91 Å². The molecular weight excluding hydrogens is 242 g/mol. The predicted molar refractivity (Wildman–Crippen MR) is 74.8 cm³/mol. The van der Waals surface area contributed by atoms with Gasteiger partial charge in [-0.1, -0.05) is 6.92 Å². The minimum absolute atomic E-state index is 0.0942. The number of nitrogens with zero attached hydrogens (tertiary/aromatic N) is 2. The molecule has 0 saturated carbocycles. The first-order valence-corrected chi connectivity index (χ1v) is 7.57. The van der Waals surface area contributed by atoms with Gasteiger partial charge in [0, 0.05) is 45.4 Å². The van der Waals surface area contributed by atoms with Crippen LogP contribution in [0.2, 0.25) is 0 Å². The normalized spacial score (nSPS) is 27.3. The molecule has 2 atom stereocenters. The molecule has 2 aliphatic rings. The van der Waals surface area contributed by atoms with Gasteiger partial charge in [0.05, 0.1) is 12.5 Å². The summed E-state index contributed by atoms with van der Waals surface area (Å²) in [5.74, 6) is 0.386. The smallest absolute Gasteiger partial charge is 0.228 e. The molecule has 2 unspecified atom stereocenters. The summed E-state index contributed by atoms with van der Waals surface area (Å²) in [7, 11) is 0. The first kappa shape index (κ1) is 14.8. The monoisotopic (exact) mass is 269 g/mol. The lowest BCUT2D eigenvalue weighted by atomic mass is 10.00. The van der Waals surface area contributed by atoms with Crippen molar-refractivity contribution in [1.82, 2.24) is 9.80 Å². The van der Waals surface area contributed by atoms with Gasteiger partial charge < -0.3 is 15.4 Å². The van der Waals surface area contributed by atoms with E-state index in [9.17, 15) is 4.79 Å². The number of rotatable bonds is 4. The van der Waals surface area contributed by atoms with E-state index in [-0.39, 0.29) is 5.92 Å². The average molecular weight is 269 g/mol. The van der Waals surface area contributed by atoms with Crippen LogP contribution in [0.1, 0.15) is 26.2 Å². The third-order valence-corrected chi connectivity index (χ3v) is 4.40. The molecule has 0 aliphatic carbocycles. The molecule has 2 fully saturated rings. The number of amides is 1. The number of hydrogen-bond acceptors (Lipinski definition) is 4. The van der Waals surface area contributed by atoms with Crippen LogP contribution in [0.25, 0.3) is 0 Å². The fourth-order valence-electron chi connectivity index (χ4n) is 3.08. The van der Waals surface area contributed by atoms with Crippen LogP contribution in [0.4, 0.5) is 0 Å². The second kappa shape index (κ2) is 7.22. The quantitative estimate of drug-likeness (QED) is 0.797. The lowest BCUT2D eigenvalue weighted by Crippen LogP contribution is -2.55. The van der Waals surface area contributed by atoms with Crippen molar-refractivity contribution in [1.29, 1.82) is 0 Å². The van der Waals surface area contributed by atoms with E-state index < -0.39 is 0 Å². The summed E-state index contributed by atoms with van der Waals surface area (Å²) >= 11 is 0. The lowest BCUT2D eigenvalue weighted by Gasteiger charge is -2.40. The van der Waals surface area contributed by atoms with Gasteiger partial charge in [-0.25, -0.2) is 0 Å². The summed E-state index contributed by atoms with van der Waals surface area (Å²) in [6.45, 7) is 7.89. The number of hydrogen-bond donors (Lipinski definition) is 1. The fourth-order valence-corrected chi connectivity index (χ4v) is 3.08. The Morgan fingerprint density at radius 1 is 1.37 bits per heavy atom. The molecule has 2 heterocycles. The van der Waals surface area contributed by atoms with Gasteiger partial charge in [0.25, 0.3) is 0 Å². The third kappa shape index (κ3) is 3.68. The lowest BCUT2D eigenvalue weighted by molar-refractivity contribution is -0.141. The van der Waals surface area contributed by atoms with E-state index in [1.807, 2.05) is 4.90 Å². The van der Waals surface area contributed by atoms with Crippen molar-refractivity contribution in [3.05, 3.63) is 0 Å². The predicted octanol–water partition coefficient (Wildman–Crippen LogP) is 0.295. The molecule has 2 rings (SSSR count). The molecule has 0 aromatic carbocycles. The molecule has 5 heteroatoms. The maximum Gasteiger partial charge on any atom is 0.228 e. The molecule has 0 bridgehead atoms. The second-order valence-electron chi connectivity index (χ2n) is 5.57. The SMILES string of the molecule is CCC(CN)N1CCN(C(=O)C2CCCOC2)CC1. The van der Waals surface area contributed by atoms with Gasteiger partial charge in [-0.3, -0.25) is 9.69 Å². The molecule has 0 aromatic heterocycles. The molecule has 0 aromatic rings. The van der Waals surface area contributed by atoms with Crippen molar-refractivity contribution in [3.63, 3.8) is 0 Å². The van der Waals surface area contributed by atoms with Crippen molar-refractivity contribution in [2.75, 3.05) is 45.9 Å². The molecule has 110 valence electrons. The average Bonchev–Trinajstić information content (AvgIpc) is 2.49. The minimum atomic E-state index is 0.0942. The van der Waals surface area contributed by atoms with Crippen molar-refractivity contribution in [3.8, 4) is 0 Å². The molecule has 2 N–H and O–H groups in total. The Kier molecular flexibility index (Phi) is 5.60. The van der Waals surface area contributed by atoms with Gasteiger partial charge >= 0.3 is 0 Å². The van der Waals surface area contributed by atoms with E-state index in [1.165, 1.54) is 0 Å². The fraction of sp³-hybridized carbons (Fsp3) is 0.929. The van der Waals surface area contributed by atoms with Crippen LogP contribution in [0.3, 0.4) is 0 Å². The third-order valence-electron chi connectivity index (χ3n) is 4.40. The highest BCUT2D eigenvalue weighted by molar-refractivity contribution is 5.79. The van der Waals surface area contributed by atoms with Crippen molar-refractivity contribution in [2.45, 2.75) is 32.2 Å². The zero-order valence-electron chi connectivity index (χ0n) is 12.0. The van der Waals surface area contributed by atoms with Crippen LogP contribution >= 0.6 is 0 Å². The zero-order chi connectivity index (χ0) is 13.7. The summed E-state index contributed by atoms with van der Waals surface area (Å²) in [6, 6.07) is 0.468. The van der Waals surface area contributed by atoms with Crippen molar-refractivity contribution < 1.29 is 9.53 Å². The maximum atomic E-state index is 12.4. The van der Waals surface area contributed by atoms with Crippen LogP contribution in [0.15, 0.2) is 0 Å². The Morgan fingerprint density at radius 2 is 2.11 bits per heavy atom. The largest absolute Gasteiger partial charge is 0.381 e. The molecule has 19 heavy (non-hydrogen) atoms. The summed E-state index contributed by atoms with van der Waals surface area (Å²) in [4.78, 5) is 16.8. The summed E-state index contributed by atoms with van der Waals surface area (Å²) in [6.07, 6.45) is 3.09. The van der Waals surface area contributed by atoms with E-state index >= 15 is 0 Å². The Labute approximate surface area is 116 Å². The van der Waals surface area contributed by atoms with Crippen molar-refractivity contribution in [2.24, 2.45) is 11.7 Å². The molecule has 0 spiro atoms. The number of ether oxygens (including phenoxy) is 1.